The molecule has 0 aliphatic rings. The zero-order chi connectivity index (χ0) is 43.2. The Bertz CT molecular complexity index is 2070. The summed E-state index contributed by atoms with van der Waals surface area (Å²) < 4.78 is 65.7. The highest BCUT2D eigenvalue weighted by Crippen LogP contribution is 2.27. The molecule has 0 aliphatic heterocycles. The quantitative estimate of drug-likeness (QED) is 0.0266. The number of hydrogen-bond acceptors (Lipinski definition) is 8. The molecule has 0 fully saturated rings. The van der Waals surface area contributed by atoms with Crippen LogP contribution in [0.3, 0.4) is 0 Å². The van der Waals surface area contributed by atoms with Gasteiger partial charge in [-0.15, -0.1) is 0 Å². The summed E-state index contributed by atoms with van der Waals surface area (Å²) in [7, 11) is 0. The molecule has 5 aromatic rings. The van der Waals surface area contributed by atoms with Gasteiger partial charge in [-0.25, -0.2) is 22.8 Å². The van der Waals surface area contributed by atoms with Crippen molar-refractivity contribution in [3.8, 4) is 23.0 Å². The highest BCUT2D eigenvalue weighted by atomic mass is 19.1. The van der Waals surface area contributed by atoms with Crippen molar-refractivity contribution in [3.05, 3.63) is 143 Å². The first-order valence-electron chi connectivity index (χ1n) is 21.1. The van der Waals surface area contributed by atoms with Crippen LogP contribution in [0.15, 0.2) is 113 Å². The molecular formula is C50H53F3N2O6. The van der Waals surface area contributed by atoms with Gasteiger partial charge in [-0.1, -0.05) is 102 Å². The Labute approximate surface area is 356 Å². The van der Waals surface area contributed by atoms with Gasteiger partial charge < -0.3 is 18.9 Å². The highest BCUT2D eigenvalue weighted by Gasteiger charge is 2.15. The summed E-state index contributed by atoms with van der Waals surface area (Å²) in [4.78, 5) is 34.5. The number of benzene rings is 5. The van der Waals surface area contributed by atoms with Crippen molar-refractivity contribution in [2.75, 3.05) is 13.2 Å². The van der Waals surface area contributed by atoms with Gasteiger partial charge in [0.05, 0.1) is 35.7 Å². The number of carbonyl (C=O) groups is 2. The minimum absolute atomic E-state index is 0.166. The number of unbranched alkanes of at least 4 members (excludes halogenated alkanes) is 10. The second kappa shape index (κ2) is 24.8. The van der Waals surface area contributed by atoms with E-state index in [0.717, 1.165) is 50.7 Å². The third kappa shape index (κ3) is 15.7. The number of halogens is 3. The standard InChI is InChI=1S/C50H53F3N2O6/c1-3-5-7-9-11-13-27-58-47-25-23-41(31-45(47)52)54-34-36-15-19-38(20-16-36)49(56)60-43-29-40(51)30-44(33-43)61-50(57)39-21-17-37(18-22-39)35-55-42-24-26-48(46(53)32-42)59-28-14-12-10-8-6-4-2/h15-26,29-35H,3-14,27-28H2,1-2H3/b54-34+,55-35+. The molecule has 0 saturated heterocycles. The Morgan fingerprint density at radius 3 is 1.28 bits per heavy atom. The molecule has 0 spiro atoms. The lowest BCUT2D eigenvalue weighted by Crippen LogP contribution is -2.11. The monoisotopic (exact) mass is 834 g/mol. The highest BCUT2D eigenvalue weighted by molar-refractivity contribution is 5.93. The Balaban J connectivity index is 1.08. The van der Waals surface area contributed by atoms with Crippen molar-refractivity contribution in [2.24, 2.45) is 9.98 Å². The minimum atomic E-state index is -0.783. The first-order valence-corrected chi connectivity index (χ1v) is 21.1. The van der Waals surface area contributed by atoms with E-state index in [1.165, 1.54) is 93.4 Å². The predicted molar refractivity (Wildman–Crippen MR) is 234 cm³/mol. The zero-order valence-corrected chi connectivity index (χ0v) is 34.8. The predicted octanol–water partition coefficient (Wildman–Crippen LogP) is 13.5. The third-order valence-corrected chi connectivity index (χ3v) is 9.63. The summed E-state index contributed by atoms with van der Waals surface area (Å²) in [5.74, 6) is -3.25. The van der Waals surface area contributed by atoms with Crippen molar-refractivity contribution in [2.45, 2.75) is 90.9 Å². The van der Waals surface area contributed by atoms with E-state index in [2.05, 4.69) is 23.8 Å². The van der Waals surface area contributed by atoms with Gasteiger partial charge >= 0.3 is 11.9 Å². The van der Waals surface area contributed by atoms with E-state index in [9.17, 15) is 22.8 Å². The topological polar surface area (TPSA) is 95.8 Å². The largest absolute Gasteiger partial charge is 0.491 e. The molecule has 8 nitrogen and oxygen atoms in total. The van der Waals surface area contributed by atoms with E-state index in [4.69, 9.17) is 18.9 Å². The first kappa shape index (κ1) is 45.8. The molecule has 0 N–H and O–H groups in total. The molecule has 5 rings (SSSR count). The molecule has 0 aromatic heterocycles. The summed E-state index contributed by atoms with van der Waals surface area (Å²) in [5.41, 5.74) is 2.44. The first-order chi connectivity index (χ1) is 29.7. The van der Waals surface area contributed by atoms with Crippen LogP contribution in [0.5, 0.6) is 23.0 Å². The lowest BCUT2D eigenvalue weighted by Gasteiger charge is -2.09. The maximum absolute atomic E-state index is 14.6. The molecule has 0 saturated carbocycles. The smallest absolute Gasteiger partial charge is 0.343 e. The number of rotatable bonds is 24. The lowest BCUT2D eigenvalue weighted by atomic mass is 10.1. The van der Waals surface area contributed by atoms with Gasteiger partial charge in [0.1, 0.15) is 17.3 Å². The van der Waals surface area contributed by atoms with E-state index >= 15 is 0 Å². The maximum Gasteiger partial charge on any atom is 0.343 e. The van der Waals surface area contributed by atoms with Crippen LogP contribution in [0, 0.1) is 17.5 Å². The fourth-order valence-electron chi connectivity index (χ4n) is 6.20. The van der Waals surface area contributed by atoms with Gasteiger partial charge in [-0.05, 0) is 72.5 Å². The molecular weight excluding hydrogens is 782 g/mol. The Kier molecular flexibility index (Phi) is 18.6. The molecule has 0 amide bonds. The van der Waals surface area contributed by atoms with Crippen LogP contribution in [0.2, 0.25) is 0 Å². The van der Waals surface area contributed by atoms with Gasteiger partial charge in [0.15, 0.2) is 23.1 Å². The summed E-state index contributed by atoms with van der Waals surface area (Å²) in [6, 6.07) is 24.9. The van der Waals surface area contributed by atoms with Gasteiger partial charge in [0.25, 0.3) is 0 Å². The normalized spacial score (nSPS) is 11.3. The van der Waals surface area contributed by atoms with E-state index in [-0.39, 0.29) is 34.1 Å². The van der Waals surface area contributed by atoms with Crippen LogP contribution in [0.4, 0.5) is 24.5 Å². The van der Waals surface area contributed by atoms with Gasteiger partial charge in [0, 0.05) is 42.8 Å². The van der Waals surface area contributed by atoms with Crippen molar-refractivity contribution in [3.63, 3.8) is 0 Å². The number of nitrogens with zero attached hydrogens (tertiary/aromatic N) is 2. The van der Waals surface area contributed by atoms with E-state index < -0.39 is 29.4 Å². The fraction of sp³-hybridized carbons (Fsp3) is 0.320. The summed E-state index contributed by atoms with van der Waals surface area (Å²) >= 11 is 0. The number of hydrogen-bond donors (Lipinski definition) is 0. The van der Waals surface area contributed by atoms with E-state index in [1.807, 2.05) is 0 Å². The summed E-state index contributed by atoms with van der Waals surface area (Å²) in [6.45, 7) is 5.27. The van der Waals surface area contributed by atoms with Gasteiger partial charge in [0.2, 0.25) is 0 Å². The van der Waals surface area contributed by atoms with Crippen molar-refractivity contribution >= 4 is 35.7 Å². The molecule has 0 atom stereocenters. The van der Waals surface area contributed by atoms with Crippen molar-refractivity contribution in [1.82, 2.24) is 0 Å². The molecule has 0 heterocycles. The zero-order valence-electron chi connectivity index (χ0n) is 34.8. The number of aliphatic imine (C=N–C) groups is 2. The van der Waals surface area contributed by atoms with Crippen LogP contribution >= 0.6 is 0 Å². The van der Waals surface area contributed by atoms with E-state index in [1.54, 1.807) is 48.5 Å². The Morgan fingerprint density at radius 1 is 0.492 bits per heavy atom. The van der Waals surface area contributed by atoms with Crippen LogP contribution in [-0.4, -0.2) is 37.6 Å². The SMILES string of the molecule is CCCCCCCCOc1ccc(/N=C/c2ccc(C(=O)Oc3cc(F)cc(OC(=O)c4ccc(/C=N/c5ccc(OCCCCCCCC)c(F)c5)cc4)c3)cc2)cc1F. The van der Waals surface area contributed by atoms with E-state index in [0.29, 0.717) is 35.7 Å². The molecule has 320 valence electrons. The molecule has 0 unspecified atom stereocenters. The van der Waals surface area contributed by atoms with Crippen LogP contribution in [0.1, 0.15) is 123 Å². The second-order valence-electron chi connectivity index (χ2n) is 14.6. The summed E-state index contributed by atoms with van der Waals surface area (Å²) in [5, 5.41) is 0. The van der Waals surface area contributed by atoms with Crippen molar-refractivity contribution < 1.29 is 41.7 Å². The third-order valence-electron chi connectivity index (χ3n) is 9.63. The molecule has 0 aliphatic carbocycles. The molecule has 0 bridgehead atoms. The maximum atomic E-state index is 14.6. The molecule has 5 aromatic carbocycles. The number of ether oxygens (including phenoxy) is 4. The molecule has 0 radical (unpaired) electrons. The lowest BCUT2D eigenvalue weighted by molar-refractivity contribution is 0.0732. The molecule has 11 heteroatoms. The van der Waals surface area contributed by atoms with Crippen LogP contribution in [-0.2, 0) is 0 Å². The Morgan fingerprint density at radius 2 is 0.885 bits per heavy atom. The second-order valence-corrected chi connectivity index (χ2v) is 14.6. The minimum Gasteiger partial charge on any atom is -0.491 e. The summed E-state index contributed by atoms with van der Waals surface area (Å²) in [6.07, 6.45) is 16.5. The van der Waals surface area contributed by atoms with Crippen LogP contribution in [0.25, 0.3) is 0 Å². The average Bonchev–Trinajstić information content (AvgIpc) is 3.25. The molecule has 61 heavy (non-hydrogen) atoms. The van der Waals surface area contributed by atoms with Gasteiger partial charge in [-0.2, -0.15) is 0 Å². The number of carbonyl (C=O) groups excluding carboxylic acids is 2. The average molecular weight is 835 g/mol. The fourth-order valence-corrected chi connectivity index (χ4v) is 6.20. The van der Waals surface area contributed by atoms with Gasteiger partial charge in [-0.3, -0.25) is 9.98 Å². The van der Waals surface area contributed by atoms with Crippen molar-refractivity contribution in [1.29, 1.82) is 0 Å². The van der Waals surface area contributed by atoms with Crippen LogP contribution < -0.4 is 18.9 Å². The Hall–Kier alpha value is -6.23. The number of esters is 2.